The molecular formula is C19H16N2OS. The van der Waals surface area contributed by atoms with Gasteiger partial charge < -0.3 is 4.98 Å². The molecule has 0 bridgehead atoms. The first-order chi connectivity index (χ1) is 11.3. The van der Waals surface area contributed by atoms with E-state index in [4.69, 9.17) is 0 Å². The second-order valence-electron chi connectivity index (χ2n) is 6.23. The lowest BCUT2D eigenvalue weighted by Gasteiger charge is -2.30. The van der Waals surface area contributed by atoms with Crippen LogP contribution in [0.15, 0.2) is 47.3 Å². The smallest absolute Gasteiger partial charge is 0.256 e. The number of aromatic nitrogens is 1. The van der Waals surface area contributed by atoms with Crippen LogP contribution in [0.1, 0.15) is 12.0 Å². The van der Waals surface area contributed by atoms with Gasteiger partial charge in [-0.15, -0.1) is 11.3 Å². The molecule has 1 aliphatic rings. The molecule has 1 aliphatic heterocycles. The summed E-state index contributed by atoms with van der Waals surface area (Å²) in [6.45, 7) is 3.40. The molecule has 4 aromatic rings. The zero-order valence-electron chi connectivity index (χ0n) is 12.6. The van der Waals surface area contributed by atoms with Crippen molar-refractivity contribution in [3.05, 3.63) is 58.4 Å². The number of fused-ring (bicyclic) bond motifs is 5. The summed E-state index contributed by atoms with van der Waals surface area (Å²) in [7, 11) is 0. The number of hydrogen-bond acceptors (Lipinski definition) is 3. The average molecular weight is 320 g/mol. The average Bonchev–Trinajstić information content (AvgIpc) is 2.91. The number of aromatic amines is 1. The first kappa shape index (κ1) is 13.3. The molecule has 0 spiro atoms. The van der Waals surface area contributed by atoms with Gasteiger partial charge in [0.25, 0.3) is 5.56 Å². The van der Waals surface area contributed by atoms with Gasteiger partial charge in [0.05, 0.1) is 10.2 Å². The summed E-state index contributed by atoms with van der Waals surface area (Å²) in [5, 5.41) is 3.00. The van der Waals surface area contributed by atoms with Crippen molar-refractivity contribution >= 4 is 42.4 Å². The fraction of sp³-hybridized carbons (Fsp3) is 0.211. The lowest BCUT2D eigenvalue weighted by atomic mass is 10.1. The Morgan fingerprint density at radius 2 is 1.74 bits per heavy atom. The third kappa shape index (κ3) is 1.95. The molecule has 5 rings (SSSR count). The normalized spacial score (nSPS) is 15.5. The molecule has 0 amide bonds. The maximum Gasteiger partial charge on any atom is 0.256 e. The number of nitrogens with one attached hydrogen (secondary N) is 1. The highest BCUT2D eigenvalue weighted by molar-refractivity contribution is 7.26. The van der Waals surface area contributed by atoms with Gasteiger partial charge >= 0.3 is 0 Å². The van der Waals surface area contributed by atoms with Gasteiger partial charge in [-0.1, -0.05) is 36.4 Å². The Morgan fingerprint density at radius 3 is 2.52 bits per heavy atom. The van der Waals surface area contributed by atoms with Crippen LogP contribution in [0.2, 0.25) is 0 Å². The largest absolute Gasteiger partial charge is 0.320 e. The number of H-pyrrole nitrogens is 1. The molecule has 4 heteroatoms. The monoisotopic (exact) mass is 320 g/mol. The summed E-state index contributed by atoms with van der Waals surface area (Å²) < 4.78 is 2.49. The highest BCUT2D eigenvalue weighted by Gasteiger charge is 2.17. The molecule has 3 nitrogen and oxygen atoms in total. The van der Waals surface area contributed by atoms with E-state index in [1.807, 2.05) is 18.2 Å². The van der Waals surface area contributed by atoms with Crippen LogP contribution in [0.5, 0.6) is 0 Å². The van der Waals surface area contributed by atoms with Gasteiger partial charge in [0.15, 0.2) is 0 Å². The zero-order chi connectivity index (χ0) is 15.4. The third-order valence-corrected chi connectivity index (χ3v) is 6.11. The number of nitrogens with zero attached hydrogens (tertiary/aromatic N) is 1. The fourth-order valence-corrected chi connectivity index (χ4v) is 4.76. The zero-order valence-corrected chi connectivity index (χ0v) is 13.5. The summed E-state index contributed by atoms with van der Waals surface area (Å²) in [6, 6.07) is 14.3. The Labute approximate surface area is 137 Å². The van der Waals surface area contributed by atoms with Crippen molar-refractivity contribution < 1.29 is 0 Å². The first-order valence-electron chi connectivity index (χ1n) is 7.99. The molecule has 2 aromatic heterocycles. The molecule has 114 valence electrons. The van der Waals surface area contributed by atoms with E-state index in [0.29, 0.717) is 0 Å². The summed E-state index contributed by atoms with van der Waals surface area (Å²) in [5.74, 6) is 0. The van der Waals surface area contributed by atoms with Crippen molar-refractivity contribution in [3.8, 4) is 0 Å². The molecule has 0 aliphatic carbocycles. The topological polar surface area (TPSA) is 36.1 Å². The maximum absolute atomic E-state index is 12.4. The van der Waals surface area contributed by atoms with Crippen molar-refractivity contribution in [1.82, 2.24) is 9.88 Å². The first-order valence-corrected chi connectivity index (χ1v) is 8.80. The van der Waals surface area contributed by atoms with Crippen LogP contribution in [0, 0.1) is 0 Å². The number of pyridine rings is 1. The van der Waals surface area contributed by atoms with E-state index in [-0.39, 0.29) is 5.56 Å². The molecule has 0 atom stereocenters. The molecule has 0 unspecified atom stereocenters. The molecular weight excluding hydrogens is 304 g/mol. The summed E-state index contributed by atoms with van der Waals surface area (Å²) in [4.78, 5) is 18.0. The van der Waals surface area contributed by atoms with E-state index >= 15 is 0 Å². The van der Waals surface area contributed by atoms with Crippen LogP contribution in [-0.2, 0) is 6.54 Å². The molecule has 1 saturated heterocycles. The molecule has 23 heavy (non-hydrogen) atoms. The van der Waals surface area contributed by atoms with Crippen LogP contribution in [0.25, 0.3) is 31.1 Å². The van der Waals surface area contributed by atoms with Gasteiger partial charge in [0.2, 0.25) is 0 Å². The number of thiophene rings is 1. The van der Waals surface area contributed by atoms with Crippen LogP contribution in [-0.4, -0.2) is 23.0 Å². The predicted molar refractivity (Wildman–Crippen MR) is 97.4 cm³/mol. The SMILES string of the molecule is O=c1[nH]c2c3cccc(CN4CCC4)c3sc2c2ccccc12. The van der Waals surface area contributed by atoms with E-state index in [0.717, 1.165) is 22.8 Å². The van der Waals surface area contributed by atoms with Gasteiger partial charge in [-0.3, -0.25) is 9.69 Å². The lowest BCUT2D eigenvalue weighted by Crippen LogP contribution is -2.36. The second kappa shape index (κ2) is 4.91. The Bertz CT molecular complexity index is 1100. The summed E-state index contributed by atoms with van der Waals surface area (Å²) in [6.07, 6.45) is 1.31. The van der Waals surface area contributed by atoms with Crippen LogP contribution in [0.3, 0.4) is 0 Å². The van der Waals surface area contributed by atoms with E-state index < -0.39 is 0 Å². The van der Waals surface area contributed by atoms with Crippen LogP contribution in [0.4, 0.5) is 0 Å². The van der Waals surface area contributed by atoms with Crippen molar-refractivity contribution in [3.63, 3.8) is 0 Å². The molecule has 0 radical (unpaired) electrons. The summed E-state index contributed by atoms with van der Waals surface area (Å²) >= 11 is 1.81. The number of rotatable bonds is 2. The summed E-state index contributed by atoms with van der Waals surface area (Å²) in [5.41, 5.74) is 2.36. The van der Waals surface area contributed by atoms with Crippen molar-refractivity contribution in [2.24, 2.45) is 0 Å². The van der Waals surface area contributed by atoms with Crippen LogP contribution < -0.4 is 5.56 Å². The van der Waals surface area contributed by atoms with Crippen molar-refractivity contribution in [2.75, 3.05) is 13.1 Å². The number of likely N-dealkylation sites (tertiary alicyclic amines) is 1. The predicted octanol–water partition coefficient (Wildman–Crippen LogP) is 4.10. The van der Waals surface area contributed by atoms with E-state index in [1.54, 1.807) is 11.3 Å². The van der Waals surface area contributed by atoms with E-state index in [1.165, 1.54) is 39.9 Å². The highest BCUT2D eigenvalue weighted by Crippen LogP contribution is 2.38. The van der Waals surface area contributed by atoms with E-state index in [9.17, 15) is 4.79 Å². The quantitative estimate of drug-likeness (QED) is 0.603. The number of hydrogen-bond donors (Lipinski definition) is 1. The highest BCUT2D eigenvalue weighted by atomic mass is 32.1. The lowest BCUT2D eigenvalue weighted by molar-refractivity contribution is 0.173. The Kier molecular flexibility index (Phi) is 2.84. The van der Waals surface area contributed by atoms with Crippen LogP contribution >= 0.6 is 11.3 Å². The minimum atomic E-state index is 0.000876. The molecule has 2 aromatic carbocycles. The molecule has 1 N–H and O–H groups in total. The second-order valence-corrected chi connectivity index (χ2v) is 7.25. The molecule has 1 fully saturated rings. The van der Waals surface area contributed by atoms with Gasteiger partial charge in [0, 0.05) is 27.4 Å². The van der Waals surface area contributed by atoms with Gasteiger partial charge in [-0.25, -0.2) is 0 Å². The van der Waals surface area contributed by atoms with Crippen molar-refractivity contribution in [2.45, 2.75) is 13.0 Å². The van der Waals surface area contributed by atoms with Gasteiger partial charge in [-0.05, 0) is 31.1 Å². The minimum Gasteiger partial charge on any atom is -0.320 e. The standard InChI is InChI=1S/C19H16N2OS/c22-19-14-7-2-1-6-13(14)18-16(20-19)15-8-3-5-12(17(15)23-18)11-21-9-4-10-21/h1-3,5-8H,4,9-11H2,(H,20,22). The maximum atomic E-state index is 12.4. The van der Waals surface area contributed by atoms with Gasteiger partial charge in [0.1, 0.15) is 0 Å². The fourth-order valence-electron chi connectivity index (χ4n) is 3.46. The Hall–Kier alpha value is -2.17. The third-order valence-electron chi connectivity index (χ3n) is 4.79. The molecule has 3 heterocycles. The Morgan fingerprint density at radius 1 is 0.957 bits per heavy atom. The molecule has 0 saturated carbocycles. The number of benzene rings is 2. The van der Waals surface area contributed by atoms with Gasteiger partial charge in [-0.2, -0.15) is 0 Å². The minimum absolute atomic E-state index is 0.000876. The van der Waals surface area contributed by atoms with E-state index in [2.05, 4.69) is 34.1 Å². The van der Waals surface area contributed by atoms with Crippen molar-refractivity contribution in [1.29, 1.82) is 0 Å². The Balaban J connectivity index is 1.85.